The lowest BCUT2D eigenvalue weighted by Crippen LogP contribution is -2.22. The molecule has 1 N–H and O–H groups in total. The van der Waals surface area contributed by atoms with Crippen LogP contribution in [-0.4, -0.2) is 23.3 Å². The van der Waals surface area contributed by atoms with E-state index in [1.165, 1.54) is 22.9 Å². The lowest BCUT2D eigenvalue weighted by Gasteiger charge is -2.13. The highest BCUT2D eigenvalue weighted by atomic mass is 32.2. The third-order valence-electron chi connectivity index (χ3n) is 4.12. The second kappa shape index (κ2) is 9.24. The quantitative estimate of drug-likeness (QED) is 0.600. The van der Waals surface area contributed by atoms with Crippen LogP contribution >= 0.6 is 11.8 Å². The molecule has 0 aliphatic carbocycles. The van der Waals surface area contributed by atoms with Crippen LogP contribution in [0.1, 0.15) is 18.1 Å². The number of aromatic nitrogens is 1. The number of hydrogen-bond donors (Lipinski definition) is 1. The Kier molecular flexibility index (Phi) is 6.49. The van der Waals surface area contributed by atoms with Crippen LogP contribution < -0.4 is 10.1 Å². The first-order chi connectivity index (χ1) is 13.1. The van der Waals surface area contributed by atoms with Gasteiger partial charge in [0.15, 0.2) is 0 Å². The van der Waals surface area contributed by atoms with Gasteiger partial charge in [0.05, 0.1) is 12.4 Å². The van der Waals surface area contributed by atoms with Crippen LogP contribution in [0.2, 0.25) is 0 Å². The minimum atomic E-state index is -0.199. The minimum absolute atomic E-state index is 0.0160. The van der Waals surface area contributed by atoms with Crippen molar-refractivity contribution in [1.82, 2.24) is 4.98 Å². The van der Waals surface area contributed by atoms with E-state index in [9.17, 15) is 4.79 Å². The van der Waals surface area contributed by atoms with Crippen LogP contribution in [-0.2, 0) is 11.2 Å². The molecule has 3 rings (SSSR count). The Bertz CT molecular complexity index is 865. The largest absolute Gasteiger partial charge is 0.497 e. The van der Waals surface area contributed by atoms with Crippen LogP contribution in [0.25, 0.3) is 0 Å². The fraction of sp³-hybridized carbons (Fsp3) is 0.182. The molecule has 27 heavy (non-hydrogen) atoms. The predicted octanol–water partition coefficient (Wildman–Crippen LogP) is 4.80. The molecule has 4 nitrogen and oxygen atoms in total. The van der Waals surface area contributed by atoms with Gasteiger partial charge in [0.2, 0.25) is 5.91 Å². The minimum Gasteiger partial charge on any atom is -0.497 e. The van der Waals surface area contributed by atoms with Crippen molar-refractivity contribution >= 4 is 23.4 Å². The van der Waals surface area contributed by atoms with Crippen molar-refractivity contribution < 1.29 is 9.53 Å². The standard InChI is InChI=1S/C22H22N2O2S/c1-16(27-21-9-7-20(26-2)8-10-21)22(25)24-19-5-3-17(4-6-19)15-18-11-13-23-14-12-18/h3-14,16H,15H2,1-2H3,(H,24,25). The highest BCUT2D eigenvalue weighted by Gasteiger charge is 2.14. The second-order valence-corrected chi connectivity index (χ2v) is 7.57. The topological polar surface area (TPSA) is 51.2 Å². The zero-order valence-electron chi connectivity index (χ0n) is 15.4. The summed E-state index contributed by atoms with van der Waals surface area (Å²) in [7, 11) is 1.64. The Hall–Kier alpha value is -2.79. The molecule has 0 aliphatic rings. The summed E-state index contributed by atoms with van der Waals surface area (Å²) < 4.78 is 5.16. The highest BCUT2D eigenvalue weighted by molar-refractivity contribution is 8.00. The molecule has 1 heterocycles. The normalized spacial score (nSPS) is 11.6. The average Bonchev–Trinajstić information content (AvgIpc) is 2.71. The molecule has 1 amide bonds. The van der Waals surface area contributed by atoms with Crippen molar-refractivity contribution in [3.05, 3.63) is 84.2 Å². The zero-order valence-corrected chi connectivity index (χ0v) is 16.2. The average molecular weight is 378 g/mol. The Labute approximate surface area is 164 Å². The molecule has 1 aromatic heterocycles. The molecule has 5 heteroatoms. The lowest BCUT2D eigenvalue weighted by molar-refractivity contribution is -0.115. The van der Waals surface area contributed by atoms with Gasteiger partial charge >= 0.3 is 0 Å². The number of carbonyl (C=O) groups excluding carboxylic acids is 1. The first kappa shape index (κ1) is 19.0. The molecular formula is C22H22N2O2S. The molecule has 1 atom stereocenters. The van der Waals surface area contributed by atoms with Crippen LogP contribution in [0.3, 0.4) is 0 Å². The molecule has 0 fully saturated rings. The summed E-state index contributed by atoms with van der Waals surface area (Å²) in [6.07, 6.45) is 4.44. The van der Waals surface area contributed by atoms with Gasteiger partial charge < -0.3 is 10.1 Å². The maximum Gasteiger partial charge on any atom is 0.237 e. The number of rotatable bonds is 7. The number of hydrogen-bond acceptors (Lipinski definition) is 4. The van der Waals surface area contributed by atoms with E-state index in [0.717, 1.165) is 22.8 Å². The number of pyridine rings is 1. The van der Waals surface area contributed by atoms with Gasteiger partial charge in [0, 0.05) is 23.0 Å². The maximum atomic E-state index is 12.5. The van der Waals surface area contributed by atoms with Crippen molar-refractivity contribution in [3.63, 3.8) is 0 Å². The third kappa shape index (κ3) is 5.59. The first-order valence-corrected chi connectivity index (χ1v) is 9.61. The van der Waals surface area contributed by atoms with E-state index in [0.29, 0.717) is 0 Å². The molecule has 3 aromatic rings. The number of anilines is 1. The SMILES string of the molecule is COc1ccc(SC(C)C(=O)Nc2ccc(Cc3ccncc3)cc2)cc1. The number of nitrogens with zero attached hydrogens (tertiary/aromatic N) is 1. The molecule has 0 aliphatic heterocycles. The van der Waals surface area contributed by atoms with E-state index in [4.69, 9.17) is 4.74 Å². The van der Waals surface area contributed by atoms with Crippen molar-refractivity contribution in [2.75, 3.05) is 12.4 Å². The van der Waals surface area contributed by atoms with E-state index in [2.05, 4.69) is 10.3 Å². The summed E-state index contributed by atoms with van der Waals surface area (Å²) in [5.41, 5.74) is 3.21. The Morgan fingerprint density at radius 3 is 2.26 bits per heavy atom. The van der Waals surface area contributed by atoms with Crippen LogP contribution in [0.15, 0.2) is 78.0 Å². The number of methoxy groups -OCH3 is 1. The molecule has 0 radical (unpaired) electrons. The van der Waals surface area contributed by atoms with E-state index in [-0.39, 0.29) is 11.2 Å². The zero-order chi connectivity index (χ0) is 19.1. The first-order valence-electron chi connectivity index (χ1n) is 8.73. The van der Waals surface area contributed by atoms with E-state index < -0.39 is 0 Å². The Morgan fingerprint density at radius 1 is 1.00 bits per heavy atom. The van der Waals surface area contributed by atoms with Crippen molar-refractivity contribution in [2.45, 2.75) is 23.5 Å². The molecule has 0 saturated carbocycles. The number of nitrogens with one attached hydrogen (secondary N) is 1. The van der Waals surface area contributed by atoms with Crippen molar-refractivity contribution in [1.29, 1.82) is 0 Å². The van der Waals surface area contributed by atoms with Gasteiger partial charge in [-0.1, -0.05) is 12.1 Å². The molecule has 1 unspecified atom stereocenters. The summed E-state index contributed by atoms with van der Waals surface area (Å²) in [4.78, 5) is 17.5. The van der Waals surface area contributed by atoms with Gasteiger partial charge in [-0.25, -0.2) is 0 Å². The predicted molar refractivity (Wildman–Crippen MR) is 110 cm³/mol. The summed E-state index contributed by atoms with van der Waals surface area (Å²) in [5, 5.41) is 2.78. The Morgan fingerprint density at radius 2 is 1.63 bits per heavy atom. The van der Waals surface area contributed by atoms with Crippen LogP contribution in [0, 0.1) is 0 Å². The number of carbonyl (C=O) groups is 1. The number of thioether (sulfide) groups is 1. The lowest BCUT2D eigenvalue weighted by atomic mass is 10.1. The number of ether oxygens (including phenoxy) is 1. The van der Waals surface area contributed by atoms with E-state index in [1.807, 2.05) is 67.6 Å². The van der Waals surface area contributed by atoms with Crippen molar-refractivity contribution in [2.24, 2.45) is 0 Å². The number of benzene rings is 2. The summed E-state index contributed by atoms with van der Waals surface area (Å²) in [5.74, 6) is 0.793. The molecule has 0 saturated heterocycles. The third-order valence-corrected chi connectivity index (χ3v) is 5.23. The molecular weight excluding hydrogens is 356 g/mol. The van der Waals surface area contributed by atoms with Crippen LogP contribution in [0.5, 0.6) is 5.75 Å². The van der Waals surface area contributed by atoms with Crippen LogP contribution in [0.4, 0.5) is 5.69 Å². The summed E-state index contributed by atoms with van der Waals surface area (Å²) >= 11 is 1.52. The summed E-state index contributed by atoms with van der Waals surface area (Å²) in [6, 6.07) is 19.7. The van der Waals surface area contributed by atoms with E-state index >= 15 is 0 Å². The molecule has 0 bridgehead atoms. The fourth-order valence-corrected chi connectivity index (χ4v) is 3.47. The van der Waals surface area contributed by atoms with Gasteiger partial charge in [-0.3, -0.25) is 9.78 Å². The smallest absolute Gasteiger partial charge is 0.237 e. The maximum absolute atomic E-state index is 12.5. The second-order valence-electron chi connectivity index (χ2n) is 6.15. The van der Waals surface area contributed by atoms with Gasteiger partial charge in [-0.2, -0.15) is 0 Å². The van der Waals surface area contributed by atoms with Gasteiger partial charge in [0.1, 0.15) is 5.75 Å². The van der Waals surface area contributed by atoms with Crippen molar-refractivity contribution in [3.8, 4) is 5.75 Å². The van der Waals surface area contributed by atoms with Gasteiger partial charge in [-0.15, -0.1) is 11.8 Å². The van der Waals surface area contributed by atoms with Gasteiger partial charge in [0.25, 0.3) is 0 Å². The van der Waals surface area contributed by atoms with E-state index in [1.54, 1.807) is 19.5 Å². The molecule has 138 valence electrons. The fourth-order valence-electron chi connectivity index (χ4n) is 2.60. The Balaban J connectivity index is 1.54. The number of amides is 1. The molecule has 0 spiro atoms. The molecule has 2 aromatic carbocycles. The highest BCUT2D eigenvalue weighted by Crippen LogP contribution is 2.26. The summed E-state index contributed by atoms with van der Waals surface area (Å²) in [6.45, 7) is 1.90. The van der Waals surface area contributed by atoms with Gasteiger partial charge in [-0.05, 0) is 73.0 Å². The monoisotopic (exact) mass is 378 g/mol.